The molecule has 0 aliphatic carbocycles. The molecule has 26 heavy (non-hydrogen) atoms. The molecule has 0 atom stereocenters. The standard InChI is InChI=1S/C19H17ClN2O4/c1-24-18-10-13(2-4-17(18)25-8-6-21)12-22-7-9-26-16-5-3-14(20)11-15(16)19(22)23/h2-5,10-11H,7-9,12H2,1H3. The molecule has 6 nitrogen and oxygen atoms in total. The van der Waals surface area contributed by atoms with Gasteiger partial charge >= 0.3 is 0 Å². The molecule has 0 N–H and O–H groups in total. The smallest absolute Gasteiger partial charge is 0.258 e. The molecule has 0 saturated heterocycles. The maximum Gasteiger partial charge on any atom is 0.258 e. The molecule has 0 aromatic heterocycles. The van der Waals surface area contributed by atoms with Gasteiger partial charge in [0.05, 0.1) is 19.2 Å². The highest BCUT2D eigenvalue weighted by atomic mass is 35.5. The third kappa shape index (κ3) is 3.84. The Balaban J connectivity index is 1.82. The van der Waals surface area contributed by atoms with Crippen LogP contribution in [-0.4, -0.2) is 37.7 Å². The molecule has 3 rings (SSSR count). The highest BCUT2D eigenvalue weighted by molar-refractivity contribution is 6.31. The van der Waals surface area contributed by atoms with E-state index < -0.39 is 0 Å². The molecule has 1 heterocycles. The quantitative estimate of drug-likeness (QED) is 0.805. The lowest BCUT2D eigenvalue weighted by Crippen LogP contribution is -2.31. The lowest BCUT2D eigenvalue weighted by molar-refractivity contribution is 0.0743. The number of hydrogen-bond acceptors (Lipinski definition) is 5. The second-order valence-electron chi connectivity index (χ2n) is 5.65. The second kappa shape index (κ2) is 7.98. The molecule has 0 bridgehead atoms. The molecule has 0 spiro atoms. The van der Waals surface area contributed by atoms with Crippen molar-refractivity contribution in [1.82, 2.24) is 4.90 Å². The topological polar surface area (TPSA) is 71.8 Å². The van der Waals surface area contributed by atoms with Crippen LogP contribution in [0.1, 0.15) is 15.9 Å². The van der Waals surface area contributed by atoms with Gasteiger partial charge in [-0.25, -0.2) is 0 Å². The van der Waals surface area contributed by atoms with Crippen molar-refractivity contribution >= 4 is 17.5 Å². The third-order valence-corrected chi connectivity index (χ3v) is 4.21. The van der Waals surface area contributed by atoms with Crippen LogP contribution in [0.25, 0.3) is 0 Å². The molecule has 2 aromatic carbocycles. The van der Waals surface area contributed by atoms with E-state index in [4.69, 9.17) is 31.1 Å². The van der Waals surface area contributed by atoms with Gasteiger partial charge in [-0.2, -0.15) is 5.26 Å². The number of methoxy groups -OCH3 is 1. The SMILES string of the molecule is COc1cc(CN2CCOc3ccc(Cl)cc3C2=O)ccc1OCC#N. The minimum absolute atomic E-state index is 0.0603. The number of nitriles is 1. The van der Waals surface area contributed by atoms with Crippen LogP contribution in [0.15, 0.2) is 36.4 Å². The minimum atomic E-state index is -0.135. The summed E-state index contributed by atoms with van der Waals surface area (Å²) in [6.45, 7) is 1.19. The number of amides is 1. The Bertz CT molecular complexity index is 863. The molecular weight excluding hydrogens is 356 g/mol. The number of rotatable bonds is 5. The zero-order valence-electron chi connectivity index (χ0n) is 14.2. The number of carbonyl (C=O) groups excluding carboxylic acids is 1. The fraction of sp³-hybridized carbons (Fsp3) is 0.263. The molecule has 0 unspecified atom stereocenters. The van der Waals surface area contributed by atoms with Crippen LogP contribution in [0.4, 0.5) is 0 Å². The van der Waals surface area contributed by atoms with E-state index in [1.54, 1.807) is 35.2 Å². The number of fused-ring (bicyclic) bond motifs is 1. The van der Waals surface area contributed by atoms with Gasteiger partial charge in [0.25, 0.3) is 5.91 Å². The first-order chi connectivity index (χ1) is 12.6. The molecule has 0 fully saturated rings. The third-order valence-electron chi connectivity index (χ3n) is 3.97. The van der Waals surface area contributed by atoms with Gasteiger partial charge in [0, 0.05) is 11.6 Å². The van der Waals surface area contributed by atoms with Gasteiger partial charge in [0.2, 0.25) is 0 Å². The van der Waals surface area contributed by atoms with Crippen molar-refractivity contribution < 1.29 is 19.0 Å². The van der Waals surface area contributed by atoms with E-state index in [0.717, 1.165) is 5.56 Å². The zero-order chi connectivity index (χ0) is 18.5. The average molecular weight is 373 g/mol. The maximum atomic E-state index is 12.9. The van der Waals surface area contributed by atoms with Gasteiger partial charge in [-0.1, -0.05) is 17.7 Å². The summed E-state index contributed by atoms with van der Waals surface area (Å²) >= 11 is 6.02. The van der Waals surface area contributed by atoms with Crippen LogP contribution < -0.4 is 14.2 Å². The first-order valence-corrected chi connectivity index (χ1v) is 8.38. The van der Waals surface area contributed by atoms with E-state index in [9.17, 15) is 4.79 Å². The van der Waals surface area contributed by atoms with E-state index in [-0.39, 0.29) is 12.5 Å². The predicted octanol–water partition coefficient (Wildman–Crippen LogP) is 3.29. The summed E-state index contributed by atoms with van der Waals surface area (Å²) in [4.78, 5) is 14.6. The van der Waals surface area contributed by atoms with E-state index in [1.165, 1.54) is 7.11 Å². The Kier molecular flexibility index (Phi) is 5.49. The van der Waals surface area contributed by atoms with E-state index in [2.05, 4.69) is 0 Å². The van der Waals surface area contributed by atoms with Crippen molar-refractivity contribution in [3.8, 4) is 23.3 Å². The monoisotopic (exact) mass is 372 g/mol. The molecule has 1 aliphatic heterocycles. The number of carbonyl (C=O) groups is 1. The molecule has 0 radical (unpaired) electrons. The van der Waals surface area contributed by atoms with Crippen molar-refractivity contribution in [3.63, 3.8) is 0 Å². The number of halogens is 1. The normalized spacial score (nSPS) is 13.3. The molecule has 134 valence electrons. The van der Waals surface area contributed by atoms with Crippen molar-refractivity contribution in [1.29, 1.82) is 5.26 Å². The van der Waals surface area contributed by atoms with E-state index in [0.29, 0.717) is 47.5 Å². The van der Waals surface area contributed by atoms with Crippen molar-refractivity contribution in [2.45, 2.75) is 6.54 Å². The van der Waals surface area contributed by atoms with E-state index >= 15 is 0 Å². The molecule has 1 aliphatic rings. The van der Waals surface area contributed by atoms with Crippen LogP contribution in [0.2, 0.25) is 5.02 Å². The lowest BCUT2D eigenvalue weighted by atomic mass is 10.1. The number of nitrogens with zero attached hydrogens (tertiary/aromatic N) is 2. The van der Waals surface area contributed by atoms with Crippen molar-refractivity contribution in [2.75, 3.05) is 26.9 Å². The van der Waals surface area contributed by atoms with E-state index in [1.807, 2.05) is 12.1 Å². The Hall–Kier alpha value is -2.91. The molecule has 1 amide bonds. The summed E-state index contributed by atoms with van der Waals surface area (Å²) in [5.41, 5.74) is 1.33. The van der Waals surface area contributed by atoms with Gasteiger partial charge in [-0.15, -0.1) is 0 Å². The summed E-state index contributed by atoms with van der Waals surface area (Å²) in [5.74, 6) is 1.41. The largest absolute Gasteiger partial charge is 0.493 e. The van der Waals surface area contributed by atoms with Gasteiger partial charge in [0.1, 0.15) is 18.4 Å². The molecule has 2 aromatic rings. The highest BCUT2D eigenvalue weighted by Crippen LogP contribution is 2.30. The summed E-state index contributed by atoms with van der Waals surface area (Å²) in [6, 6.07) is 12.3. The van der Waals surface area contributed by atoms with Crippen LogP contribution in [0, 0.1) is 11.3 Å². The predicted molar refractivity (Wildman–Crippen MR) is 95.8 cm³/mol. The van der Waals surface area contributed by atoms with Crippen molar-refractivity contribution in [3.05, 3.63) is 52.5 Å². The fourth-order valence-corrected chi connectivity index (χ4v) is 2.92. The minimum Gasteiger partial charge on any atom is -0.493 e. The maximum absolute atomic E-state index is 12.9. The van der Waals surface area contributed by atoms with Gasteiger partial charge < -0.3 is 19.1 Å². The Labute approximate surface area is 156 Å². The van der Waals surface area contributed by atoms with Crippen LogP contribution in [-0.2, 0) is 6.54 Å². The summed E-state index contributed by atoms with van der Waals surface area (Å²) < 4.78 is 16.3. The Morgan fingerprint density at radius 1 is 1.27 bits per heavy atom. The lowest BCUT2D eigenvalue weighted by Gasteiger charge is -2.21. The summed E-state index contributed by atoms with van der Waals surface area (Å²) in [7, 11) is 1.53. The van der Waals surface area contributed by atoms with Crippen LogP contribution in [0.3, 0.4) is 0 Å². The Morgan fingerprint density at radius 2 is 2.12 bits per heavy atom. The van der Waals surface area contributed by atoms with Crippen molar-refractivity contribution in [2.24, 2.45) is 0 Å². The summed E-state index contributed by atoms with van der Waals surface area (Å²) in [6.07, 6.45) is 0. The Morgan fingerprint density at radius 3 is 2.88 bits per heavy atom. The second-order valence-corrected chi connectivity index (χ2v) is 6.08. The molecular formula is C19H17ClN2O4. The first-order valence-electron chi connectivity index (χ1n) is 8.00. The molecule has 0 saturated carbocycles. The summed E-state index contributed by atoms with van der Waals surface area (Å²) in [5, 5.41) is 9.13. The number of ether oxygens (including phenoxy) is 3. The van der Waals surface area contributed by atoms with Crippen LogP contribution >= 0.6 is 11.6 Å². The van der Waals surface area contributed by atoms with Gasteiger partial charge in [0.15, 0.2) is 18.1 Å². The van der Waals surface area contributed by atoms with Gasteiger partial charge in [-0.3, -0.25) is 4.79 Å². The zero-order valence-corrected chi connectivity index (χ0v) is 15.0. The van der Waals surface area contributed by atoms with Crippen LogP contribution in [0.5, 0.6) is 17.2 Å². The first kappa shape index (κ1) is 17.9. The average Bonchev–Trinajstić information content (AvgIpc) is 2.80. The van der Waals surface area contributed by atoms with Gasteiger partial charge in [-0.05, 0) is 35.9 Å². The number of hydrogen-bond donors (Lipinski definition) is 0. The fourth-order valence-electron chi connectivity index (χ4n) is 2.74. The molecule has 7 heteroatoms. The number of benzene rings is 2. The highest BCUT2D eigenvalue weighted by Gasteiger charge is 2.24.